The van der Waals surface area contributed by atoms with Gasteiger partial charge < -0.3 is 24.2 Å². The zero-order valence-electron chi connectivity index (χ0n) is 17.4. The van der Waals surface area contributed by atoms with Crippen molar-refractivity contribution in [2.45, 2.75) is 6.42 Å². The highest BCUT2D eigenvalue weighted by Crippen LogP contribution is 2.36. The molecule has 7 heteroatoms. The third-order valence-corrected chi connectivity index (χ3v) is 5.86. The van der Waals surface area contributed by atoms with Crippen LogP contribution in [0.25, 0.3) is 0 Å². The smallest absolute Gasteiger partial charge is 0.228 e. The molecule has 1 atom stereocenters. The fraction of sp³-hybridized carbons (Fsp3) is 0.391. The van der Waals surface area contributed by atoms with Crippen LogP contribution in [-0.2, 0) is 9.59 Å². The molecule has 158 valence electrons. The molecule has 0 radical (unpaired) electrons. The Labute approximate surface area is 176 Å². The minimum Gasteiger partial charge on any atom is -0.497 e. The molecule has 2 saturated heterocycles. The fourth-order valence-corrected chi connectivity index (χ4v) is 4.20. The summed E-state index contributed by atoms with van der Waals surface area (Å²) in [5, 5.41) is 0. The molecule has 0 bridgehead atoms. The average Bonchev–Trinajstić information content (AvgIpc) is 3.20. The van der Waals surface area contributed by atoms with E-state index in [9.17, 15) is 9.59 Å². The Balaban J connectivity index is 1.42. The van der Waals surface area contributed by atoms with Crippen molar-refractivity contribution < 1.29 is 19.1 Å². The van der Waals surface area contributed by atoms with Crippen molar-refractivity contribution in [1.29, 1.82) is 0 Å². The van der Waals surface area contributed by atoms with Gasteiger partial charge in [-0.15, -0.1) is 0 Å². The summed E-state index contributed by atoms with van der Waals surface area (Å²) < 4.78 is 10.7. The molecule has 2 aliphatic rings. The first-order valence-corrected chi connectivity index (χ1v) is 10.2. The Morgan fingerprint density at radius 3 is 2.37 bits per heavy atom. The summed E-state index contributed by atoms with van der Waals surface area (Å²) >= 11 is 0. The van der Waals surface area contributed by atoms with Crippen LogP contribution in [0.5, 0.6) is 11.5 Å². The van der Waals surface area contributed by atoms with Crippen molar-refractivity contribution in [1.82, 2.24) is 4.90 Å². The molecule has 4 rings (SSSR count). The Morgan fingerprint density at radius 1 is 0.967 bits per heavy atom. The summed E-state index contributed by atoms with van der Waals surface area (Å²) in [7, 11) is 3.15. The number of methoxy groups -OCH3 is 2. The number of nitrogens with zero attached hydrogens (tertiary/aromatic N) is 3. The van der Waals surface area contributed by atoms with E-state index in [-0.39, 0.29) is 24.2 Å². The molecule has 2 fully saturated rings. The van der Waals surface area contributed by atoms with Crippen molar-refractivity contribution in [2.75, 3.05) is 56.7 Å². The summed E-state index contributed by atoms with van der Waals surface area (Å²) in [5.41, 5.74) is 1.82. The molecule has 0 spiro atoms. The average molecular weight is 409 g/mol. The molecule has 0 N–H and O–H groups in total. The van der Waals surface area contributed by atoms with Crippen molar-refractivity contribution >= 4 is 23.2 Å². The highest BCUT2D eigenvalue weighted by molar-refractivity contribution is 6.01. The highest BCUT2D eigenvalue weighted by atomic mass is 16.5. The van der Waals surface area contributed by atoms with E-state index in [0.29, 0.717) is 36.8 Å². The largest absolute Gasteiger partial charge is 0.497 e. The van der Waals surface area contributed by atoms with Crippen LogP contribution in [0.15, 0.2) is 48.5 Å². The monoisotopic (exact) mass is 409 g/mol. The van der Waals surface area contributed by atoms with Crippen molar-refractivity contribution in [2.24, 2.45) is 5.92 Å². The Bertz CT molecular complexity index is 910. The topological polar surface area (TPSA) is 62.3 Å². The van der Waals surface area contributed by atoms with Crippen LogP contribution in [0, 0.1) is 5.92 Å². The zero-order chi connectivity index (χ0) is 21.1. The second-order valence-corrected chi connectivity index (χ2v) is 7.59. The maximum atomic E-state index is 13.1. The van der Waals surface area contributed by atoms with E-state index in [1.807, 2.05) is 23.1 Å². The summed E-state index contributed by atoms with van der Waals surface area (Å²) in [6.45, 7) is 3.29. The lowest BCUT2D eigenvalue weighted by Gasteiger charge is -2.37. The summed E-state index contributed by atoms with van der Waals surface area (Å²) in [6.07, 6.45) is 0.220. The second kappa shape index (κ2) is 8.65. The number of piperazine rings is 1. The van der Waals surface area contributed by atoms with Gasteiger partial charge in [-0.1, -0.05) is 18.2 Å². The molecule has 2 amide bonds. The van der Waals surface area contributed by atoms with Gasteiger partial charge in [0.1, 0.15) is 11.5 Å². The first-order chi connectivity index (χ1) is 14.6. The molecule has 30 heavy (non-hydrogen) atoms. The third kappa shape index (κ3) is 3.92. The molecule has 2 heterocycles. The van der Waals surface area contributed by atoms with Crippen LogP contribution in [-0.4, -0.2) is 63.7 Å². The van der Waals surface area contributed by atoms with E-state index < -0.39 is 0 Å². The quantitative estimate of drug-likeness (QED) is 0.759. The summed E-state index contributed by atoms with van der Waals surface area (Å²) in [5.74, 6) is 0.888. The molecular formula is C23H27N3O4. The highest BCUT2D eigenvalue weighted by Gasteiger charge is 2.39. The van der Waals surface area contributed by atoms with Crippen molar-refractivity contribution in [3.05, 3.63) is 48.5 Å². The molecule has 2 aliphatic heterocycles. The van der Waals surface area contributed by atoms with Gasteiger partial charge in [0.15, 0.2) is 0 Å². The van der Waals surface area contributed by atoms with Crippen LogP contribution >= 0.6 is 0 Å². The predicted molar refractivity (Wildman–Crippen MR) is 115 cm³/mol. The van der Waals surface area contributed by atoms with Gasteiger partial charge in [-0.2, -0.15) is 0 Å². The van der Waals surface area contributed by atoms with Gasteiger partial charge in [0.25, 0.3) is 0 Å². The van der Waals surface area contributed by atoms with Gasteiger partial charge in [0.2, 0.25) is 11.8 Å². The number of rotatable bonds is 5. The van der Waals surface area contributed by atoms with Gasteiger partial charge in [-0.05, 0) is 24.3 Å². The van der Waals surface area contributed by atoms with Gasteiger partial charge in [0.05, 0.1) is 25.8 Å². The van der Waals surface area contributed by atoms with E-state index in [2.05, 4.69) is 17.0 Å². The number of para-hydroxylation sites is 1. The molecule has 2 aromatic rings. The maximum Gasteiger partial charge on any atom is 0.228 e. The van der Waals surface area contributed by atoms with Crippen LogP contribution in [0.2, 0.25) is 0 Å². The van der Waals surface area contributed by atoms with Crippen LogP contribution in [0.3, 0.4) is 0 Å². The number of anilines is 2. The van der Waals surface area contributed by atoms with E-state index >= 15 is 0 Å². The van der Waals surface area contributed by atoms with Crippen molar-refractivity contribution in [3.63, 3.8) is 0 Å². The Morgan fingerprint density at radius 2 is 1.70 bits per heavy atom. The van der Waals surface area contributed by atoms with Crippen molar-refractivity contribution in [3.8, 4) is 11.5 Å². The number of carbonyl (C=O) groups is 2. The number of hydrogen-bond acceptors (Lipinski definition) is 5. The minimum atomic E-state index is -0.336. The Hall–Kier alpha value is -3.22. The van der Waals surface area contributed by atoms with Gasteiger partial charge >= 0.3 is 0 Å². The lowest BCUT2D eigenvalue weighted by atomic mass is 10.1. The molecule has 0 saturated carbocycles. The normalized spacial score (nSPS) is 19.2. The molecule has 7 nitrogen and oxygen atoms in total. The lowest BCUT2D eigenvalue weighted by Crippen LogP contribution is -2.50. The van der Waals surface area contributed by atoms with E-state index in [1.54, 1.807) is 37.3 Å². The van der Waals surface area contributed by atoms with Crippen LogP contribution in [0.4, 0.5) is 11.4 Å². The molecule has 0 aromatic heterocycles. The van der Waals surface area contributed by atoms with E-state index in [1.165, 1.54) is 5.69 Å². The SMILES string of the molecule is COc1ccc(OC)c(N2C[C@H](C(=O)N3CCN(c4ccccc4)CC3)CC2=O)c1. The number of benzene rings is 2. The van der Waals surface area contributed by atoms with E-state index in [0.717, 1.165) is 13.1 Å². The van der Waals surface area contributed by atoms with Gasteiger partial charge in [0, 0.05) is 50.9 Å². The number of amides is 2. The first kappa shape index (κ1) is 20.1. The van der Waals surface area contributed by atoms with Gasteiger partial charge in [-0.25, -0.2) is 0 Å². The van der Waals surface area contributed by atoms with Crippen LogP contribution in [0.1, 0.15) is 6.42 Å². The number of ether oxygens (including phenoxy) is 2. The summed E-state index contributed by atoms with van der Waals surface area (Å²) in [4.78, 5) is 31.7. The fourth-order valence-electron chi connectivity index (χ4n) is 4.20. The number of hydrogen-bond donors (Lipinski definition) is 0. The standard InChI is InChI=1S/C23H27N3O4/c1-29-19-8-9-21(30-2)20(15-19)26-16-17(14-22(26)27)23(28)25-12-10-24(11-13-25)18-6-4-3-5-7-18/h3-9,15,17H,10-14,16H2,1-2H3/t17-/m1/s1. The maximum absolute atomic E-state index is 13.1. The first-order valence-electron chi connectivity index (χ1n) is 10.2. The lowest BCUT2D eigenvalue weighted by molar-refractivity contribution is -0.136. The summed E-state index contributed by atoms with van der Waals surface area (Å²) in [6, 6.07) is 15.6. The predicted octanol–water partition coefficient (Wildman–Crippen LogP) is 2.41. The zero-order valence-corrected chi connectivity index (χ0v) is 17.4. The molecule has 2 aromatic carbocycles. The van der Waals surface area contributed by atoms with Crippen LogP contribution < -0.4 is 19.3 Å². The van der Waals surface area contributed by atoms with Gasteiger partial charge in [-0.3, -0.25) is 9.59 Å². The molecular weight excluding hydrogens is 382 g/mol. The third-order valence-electron chi connectivity index (χ3n) is 5.86. The minimum absolute atomic E-state index is 0.0559. The number of carbonyl (C=O) groups excluding carboxylic acids is 2. The molecule has 0 aliphatic carbocycles. The van der Waals surface area contributed by atoms with E-state index in [4.69, 9.17) is 9.47 Å². The molecule has 0 unspecified atom stereocenters. The Kier molecular flexibility index (Phi) is 5.79. The second-order valence-electron chi connectivity index (χ2n) is 7.59.